The van der Waals surface area contributed by atoms with Gasteiger partial charge >= 0.3 is 6.18 Å². The molecule has 5 heteroatoms. The van der Waals surface area contributed by atoms with Gasteiger partial charge in [-0.2, -0.15) is 13.2 Å². The fraction of sp³-hybridized carbons (Fsp3) is 0.182. The van der Waals surface area contributed by atoms with Crippen molar-refractivity contribution in [3.8, 4) is 10.6 Å². The van der Waals surface area contributed by atoms with Crippen molar-refractivity contribution in [2.75, 3.05) is 0 Å². The summed E-state index contributed by atoms with van der Waals surface area (Å²) in [6.07, 6.45) is -2.57. The number of aryl methyl sites for hydroxylation is 1. The van der Waals surface area contributed by atoms with Gasteiger partial charge in [-0.3, -0.25) is 0 Å². The van der Waals surface area contributed by atoms with Crippen LogP contribution in [0.2, 0.25) is 0 Å². The summed E-state index contributed by atoms with van der Waals surface area (Å²) in [5, 5.41) is 0.742. The molecule has 0 spiro atoms. The van der Waals surface area contributed by atoms with Crippen LogP contribution in [-0.4, -0.2) is 4.98 Å². The fourth-order valence-electron chi connectivity index (χ4n) is 1.29. The number of hydrogen-bond acceptors (Lipinski definition) is 2. The van der Waals surface area contributed by atoms with E-state index in [4.69, 9.17) is 0 Å². The summed E-state index contributed by atoms with van der Waals surface area (Å²) in [5.41, 5.74) is 0.0793. The first kappa shape index (κ1) is 11.1. The number of halogens is 3. The van der Waals surface area contributed by atoms with Crippen LogP contribution >= 0.6 is 11.3 Å². The van der Waals surface area contributed by atoms with Crippen LogP contribution in [0.3, 0.4) is 0 Å². The lowest BCUT2D eigenvalue weighted by Crippen LogP contribution is -2.03. The topological polar surface area (TPSA) is 12.9 Å². The monoisotopic (exact) mass is 243 g/mol. The van der Waals surface area contributed by atoms with Crippen molar-refractivity contribution < 1.29 is 13.2 Å². The normalized spacial score (nSPS) is 11.8. The van der Waals surface area contributed by atoms with E-state index in [0.29, 0.717) is 5.56 Å². The van der Waals surface area contributed by atoms with Crippen LogP contribution in [-0.2, 0) is 6.18 Å². The summed E-state index contributed by atoms with van der Waals surface area (Å²) in [5.74, 6) is 0. The summed E-state index contributed by atoms with van der Waals surface area (Å²) in [7, 11) is 0. The van der Waals surface area contributed by atoms with E-state index in [1.807, 2.05) is 6.92 Å². The third-order valence-electron chi connectivity index (χ3n) is 2.08. The quantitative estimate of drug-likeness (QED) is 0.733. The number of benzene rings is 1. The van der Waals surface area contributed by atoms with Crippen molar-refractivity contribution in [2.24, 2.45) is 0 Å². The van der Waals surface area contributed by atoms with Gasteiger partial charge in [0.1, 0.15) is 5.01 Å². The van der Waals surface area contributed by atoms with Gasteiger partial charge in [0.25, 0.3) is 0 Å². The van der Waals surface area contributed by atoms with E-state index in [1.54, 1.807) is 6.20 Å². The molecule has 0 fully saturated rings. The Morgan fingerprint density at radius 1 is 1.12 bits per heavy atom. The second kappa shape index (κ2) is 3.90. The molecule has 16 heavy (non-hydrogen) atoms. The smallest absolute Gasteiger partial charge is 0.244 e. The van der Waals surface area contributed by atoms with Gasteiger partial charge in [-0.15, -0.1) is 11.3 Å². The van der Waals surface area contributed by atoms with Crippen LogP contribution in [0.4, 0.5) is 13.2 Å². The maximum Gasteiger partial charge on any atom is 0.416 e. The van der Waals surface area contributed by atoms with Crippen molar-refractivity contribution in [1.82, 2.24) is 4.98 Å². The molecule has 0 aliphatic rings. The molecule has 0 bridgehead atoms. The second-order valence-corrected chi connectivity index (χ2v) is 4.59. The molecule has 0 radical (unpaired) electrons. The molecule has 0 saturated heterocycles. The van der Waals surface area contributed by atoms with E-state index < -0.39 is 11.7 Å². The number of nitrogens with zero attached hydrogens (tertiary/aromatic N) is 1. The zero-order valence-electron chi connectivity index (χ0n) is 8.38. The number of aromatic nitrogens is 1. The van der Waals surface area contributed by atoms with Crippen LogP contribution in [0.25, 0.3) is 10.6 Å². The Morgan fingerprint density at radius 3 is 2.19 bits per heavy atom. The molecule has 1 heterocycles. The minimum absolute atomic E-state index is 0.635. The second-order valence-electron chi connectivity index (χ2n) is 3.35. The zero-order chi connectivity index (χ0) is 11.8. The minimum Gasteiger partial charge on any atom is -0.244 e. The third-order valence-corrected chi connectivity index (χ3v) is 3.04. The van der Waals surface area contributed by atoms with Gasteiger partial charge in [0.05, 0.1) is 5.56 Å². The van der Waals surface area contributed by atoms with E-state index in [2.05, 4.69) is 4.98 Å². The Morgan fingerprint density at radius 2 is 1.75 bits per heavy atom. The molecular weight excluding hydrogens is 235 g/mol. The summed E-state index contributed by atoms with van der Waals surface area (Å²) in [6.45, 7) is 1.91. The molecule has 2 rings (SSSR count). The summed E-state index contributed by atoms with van der Waals surface area (Å²) in [6, 6.07) is 5.04. The number of alkyl halides is 3. The third kappa shape index (κ3) is 2.24. The average molecular weight is 243 g/mol. The summed E-state index contributed by atoms with van der Waals surface area (Å²) < 4.78 is 36.9. The van der Waals surface area contributed by atoms with Crippen LogP contribution in [0.1, 0.15) is 10.4 Å². The van der Waals surface area contributed by atoms with Crippen molar-refractivity contribution in [3.63, 3.8) is 0 Å². The number of rotatable bonds is 1. The van der Waals surface area contributed by atoms with E-state index in [9.17, 15) is 13.2 Å². The van der Waals surface area contributed by atoms with Gasteiger partial charge in [0, 0.05) is 16.6 Å². The van der Waals surface area contributed by atoms with Gasteiger partial charge < -0.3 is 0 Å². The van der Waals surface area contributed by atoms with Gasteiger partial charge in [-0.05, 0) is 19.1 Å². The van der Waals surface area contributed by atoms with E-state index in [-0.39, 0.29) is 0 Å². The SMILES string of the molecule is Cc1cnc(-c2ccc(C(F)(F)F)cc2)s1. The lowest BCUT2D eigenvalue weighted by Gasteiger charge is -2.06. The summed E-state index contributed by atoms with van der Waals surface area (Å²) >= 11 is 1.46. The maximum atomic E-state index is 12.3. The molecule has 1 aromatic carbocycles. The van der Waals surface area contributed by atoms with E-state index in [0.717, 1.165) is 22.0 Å². The van der Waals surface area contributed by atoms with Crippen LogP contribution in [0.5, 0.6) is 0 Å². The van der Waals surface area contributed by atoms with E-state index >= 15 is 0 Å². The molecule has 2 aromatic rings. The molecule has 0 saturated carbocycles. The van der Waals surface area contributed by atoms with Crippen LogP contribution in [0, 0.1) is 6.92 Å². The predicted molar refractivity (Wildman–Crippen MR) is 57.3 cm³/mol. The zero-order valence-corrected chi connectivity index (χ0v) is 9.19. The molecule has 1 aromatic heterocycles. The van der Waals surface area contributed by atoms with Gasteiger partial charge in [-0.1, -0.05) is 12.1 Å². The minimum atomic E-state index is -4.28. The number of hydrogen-bond donors (Lipinski definition) is 0. The lowest BCUT2D eigenvalue weighted by molar-refractivity contribution is -0.137. The Labute approximate surface area is 94.6 Å². The van der Waals surface area contributed by atoms with Crippen molar-refractivity contribution >= 4 is 11.3 Å². The highest BCUT2D eigenvalue weighted by Crippen LogP contribution is 2.31. The van der Waals surface area contributed by atoms with Crippen molar-refractivity contribution in [1.29, 1.82) is 0 Å². The van der Waals surface area contributed by atoms with Crippen molar-refractivity contribution in [2.45, 2.75) is 13.1 Å². The van der Waals surface area contributed by atoms with Gasteiger partial charge in [0.2, 0.25) is 0 Å². The highest BCUT2D eigenvalue weighted by atomic mass is 32.1. The summed E-state index contributed by atoms with van der Waals surface area (Å²) in [4.78, 5) is 5.15. The molecule has 0 amide bonds. The lowest BCUT2D eigenvalue weighted by atomic mass is 10.1. The Hall–Kier alpha value is -1.36. The van der Waals surface area contributed by atoms with Gasteiger partial charge in [-0.25, -0.2) is 4.98 Å². The average Bonchev–Trinajstić information content (AvgIpc) is 2.64. The molecule has 0 atom stereocenters. The first-order valence-electron chi connectivity index (χ1n) is 4.57. The standard InChI is InChI=1S/C11H8F3NS/c1-7-6-15-10(16-7)8-2-4-9(5-3-8)11(12,13)14/h2-6H,1H3. The molecule has 0 aliphatic carbocycles. The highest BCUT2D eigenvalue weighted by Gasteiger charge is 2.30. The Bertz CT molecular complexity index is 485. The maximum absolute atomic E-state index is 12.3. The Kier molecular flexibility index (Phi) is 2.71. The molecule has 0 aliphatic heterocycles. The fourth-order valence-corrected chi connectivity index (χ4v) is 2.06. The first-order valence-corrected chi connectivity index (χ1v) is 5.38. The number of thiazole rings is 1. The largest absolute Gasteiger partial charge is 0.416 e. The molecule has 0 N–H and O–H groups in total. The van der Waals surface area contributed by atoms with Crippen molar-refractivity contribution in [3.05, 3.63) is 40.9 Å². The molecule has 1 nitrogen and oxygen atoms in total. The molecule has 0 unspecified atom stereocenters. The van der Waals surface area contributed by atoms with Gasteiger partial charge in [0.15, 0.2) is 0 Å². The molecular formula is C11H8F3NS. The van der Waals surface area contributed by atoms with E-state index in [1.165, 1.54) is 23.5 Å². The molecule has 84 valence electrons. The van der Waals surface area contributed by atoms with Crippen LogP contribution < -0.4 is 0 Å². The highest BCUT2D eigenvalue weighted by molar-refractivity contribution is 7.14. The predicted octanol–water partition coefficient (Wildman–Crippen LogP) is 4.14. The Balaban J connectivity index is 2.33. The first-order chi connectivity index (χ1) is 7.47. The van der Waals surface area contributed by atoms with Crippen LogP contribution in [0.15, 0.2) is 30.5 Å².